The molecule has 1 atom stereocenters. The highest BCUT2D eigenvalue weighted by Gasteiger charge is 2.27. The average molecular weight is 187 g/mol. The van der Waals surface area contributed by atoms with E-state index in [0.29, 0.717) is 0 Å². The third kappa shape index (κ3) is 4.50. The van der Waals surface area contributed by atoms with Crippen LogP contribution in [-0.4, -0.2) is 24.6 Å². The molecule has 0 rings (SSSR count). The van der Waals surface area contributed by atoms with Crippen molar-refractivity contribution in [2.45, 2.75) is 26.4 Å². The molecule has 0 bridgehead atoms. The van der Waals surface area contributed by atoms with Crippen molar-refractivity contribution < 1.29 is 19.1 Å². The van der Waals surface area contributed by atoms with Gasteiger partial charge in [0, 0.05) is 0 Å². The van der Waals surface area contributed by atoms with E-state index in [1.807, 2.05) is 0 Å². The van der Waals surface area contributed by atoms with E-state index < -0.39 is 23.5 Å². The van der Waals surface area contributed by atoms with Gasteiger partial charge in [-0.25, -0.2) is 0 Å². The number of esters is 2. The van der Waals surface area contributed by atoms with Gasteiger partial charge in [0.2, 0.25) is 0 Å². The first kappa shape index (κ1) is 11.9. The summed E-state index contributed by atoms with van der Waals surface area (Å²) in [6, 6.07) is 0. The van der Waals surface area contributed by atoms with Crippen molar-refractivity contribution in [2.24, 2.45) is 5.92 Å². The molecule has 0 saturated carbocycles. The van der Waals surface area contributed by atoms with Gasteiger partial charge in [0.05, 0.1) is 7.11 Å². The minimum atomic E-state index is -1.11. The van der Waals surface area contributed by atoms with Crippen LogP contribution in [-0.2, 0) is 19.1 Å². The second kappa shape index (κ2) is 4.25. The summed E-state index contributed by atoms with van der Waals surface area (Å²) in [7, 11) is 1.20. The lowest BCUT2D eigenvalue weighted by Crippen LogP contribution is -2.31. The van der Waals surface area contributed by atoms with Crippen molar-refractivity contribution >= 4 is 11.9 Å². The first-order valence-electron chi connectivity index (χ1n) is 3.91. The second-order valence-electron chi connectivity index (χ2n) is 3.61. The van der Waals surface area contributed by atoms with Gasteiger partial charge in [-0.05, 0) is 27.7 Å². The van der Waals surface area contributed by atoms with Crippen molar-refractivity contribution in [1.29, 1.82) is 0 Å². The molecule has 0 spiro atoms. The first-order valence-corrected chi connectivity index (χ1v) is 3.91. The summed E-state index contributed by atoms with van der Waals surface area (Å²) >= 11 is 0. The predicted octanol–water partition coefficient (Wildman–Crippen LogP) is 0.951. The smallest absolute Gasteiger partial charge is 0.320 e. The van der Waals surface area contributed by atoms with Gasteiger partial charge in [-0.15, -0.1) is 0 Å². The van der Waals surface area contributed by atoms with Crippen LogP contribution in [0.15, 0.2) is 0 Å². The molecule has 4 heteroatoms. The van der Waals surface area contributed by atoms with Gasteiger partial charge in [-0.3, -0.25) is 9.59 Å². The quantitative estimate of drug-likeness (QED) is 0.477. The predicted molar refractivity (Wildman–Crippen MR) is 46.7 cm³/mol. The molecule has 0 N–H and O–H groups in total. The van der Waals surface area contributed by atoms with Crippen LogP contribution in [0.4, 0.5) is 0 Å². The van der Waals surface area contributed by atoms with Crippen molar-refractivity contribution in [3.63, 3.8) is 0 Å². The largest absolute Gasteiger partial charge is 0.468 e. The van der Waals surface area contributed by atoms with Crippen LogP contribution in [0, 0.1) is 12.8 Å². The van der Waals surface area contributed by atoms with Crippen molar-refractivity contribution in [3.05, 3.63) is 6.92 Å². The summed E-state index contributed by atoms with van der Waals surface area (Å²) in [5, 5.41) is 0. The Labute approximate surface area is 78.2 Å². The van der Waals surface area contributed by atoms with Crippen LogP contribution in [0.5, 0.6) is 0 Å². The summed E-state index contributed by atoms with van der Waals surface area (Å²) in [6.07, 6.45) is 0. The first-order chi connectivity index (χ1) is 5.78. The van der Waals surface area contributed by atoms with Crippen LogP contribution in [0.3, 0.4) is 0 Å². The Kier molecular flexibility index (Phi) is 3.91. The van der Waals surface area contributed by atoms with E-state index in [1.165, 1.54) is 7.11 Å². The molecule has 0 aliphatic heterocycles. The third-order valence-corrected chi connectivity index (χ3v) is 1.18. The number of carbonyl (C=O) groups excluding carboxylic acids is 2. The van der Waals surface area contributed by atoms with Gasteiger partial charge < -0.3 is 9.47 Å². The Morgan fingerprint density at radius 2 is 1.69 bits per heavy atom. The highest BCUT2D eigenvalue weighted by Crippen LogP contribution is 2.11. The average Bonchev–Trinajstić information content (AvgIpc) is 1.98. The highest BCUT2D eigenvalue weighted by molar-refractivity contribution is 5.95. The van der Waals surface area contributed by atoms with Crippen LogP contribution in [0.2, 0.25) is 0 Å². The standard InChI is InChI=1S/C9H15O4/c1-6(7(10)12-5)8(11)13-9(2,3)4/h6H,1H2,2-5H3. The molecule has 0 aromatic heterocycles. The van der Waals surface area contributed by atoms with E-state index in [1.54, 1.807) is 20.8 Å². The zero-order chi connectivity index (χ0) is 10.6. The number of carbonyl (C=O) groups is 2. The molecule has 0 heterocycles. The molecule has 0 aliphatic rings. The summed E-state index contributed by atoms with van der Waals surface area (Å²) in [5.74, 6) is -2.46. The number of methoxy groups -OCH3 is 1. The Morgan fingerprint density at radius 3 is 2.00 bits per heavy atom. The van der Waals surface area contributed by atoms with Gasteiger partial charge in [-0.2, -0.15) is 0 Å². The highest BCUT2D eigenvalue weighted by atomic mass is 16.6. The van der Waals surface area contributed by atoms with Gasteiger partial charge >= 0.3 is 11.9 Å². The molecule has 13 heavy (non-hydrogen) atoms. The Morgan fingerprint density at radius 1 is 1.23 bits per heavy atom. The van der Waals surface area contributed by atoms with Crippen LogP contribution in [0.25, 0.3) is 0 Å². The molecule has 0 aromatic rings. The zero-order valence-electron chi connectivity index (χ0n) is 8.42. The number of hydrogen-bond acceptors (Lipinski definition) is 4. The lowest BCUT2D eigenvalue weighted by molar-refractivity contribution is -0.165. The molecule has 1 radical (unpaired) electrons. The Hall–Kier alpha value is -1.06. The fraction of sp³-hybridized carbons (Fsp3) is 0.667. The number of ether oxygens (including phenoxy) is 2. The van der Waals surface area contributed by atoms with Crippen LogP contribution < -0.4 is 0 Å². The third-order valence-electron chi connectivity index (χ3n) is 1.18. The van der Waals surface area contributed by atoms with E-state index >= 15 is 0 Å². The second-order valence-corrected chi connectivity index (χ2v) is 3.61. The van der Waals surface area contributed by atoms with Crippen molar-refractivity contribution in [3.8, 4) is 0 Å². The van der Waals surface area contributed by atoms with Crippen LogP contribution >= 0.6 is 0 Å². The molecule has 4 nitrogen and oxygen atoms in total. The molecule has 0 fully saturated rings. The van der Waals surface area contributed by atoms with Crippen molar-refractivity contribution in [1.82, 2.24) is 0 Å². The van der Waals surface area contributed by atoms with E-state index in [0.717, 1.165) is 0 Å². The zero-order valence-corrected chi connectivity index (χ0v) is 8.42. The normalized spacial score (nSPS) is 13.3. The fourth-order valence-electron chi connectivity index (χ4n) is 0.611. The molecule has 75 valence electrons. The van der Waals surface area contributed by atoms with Gasteiger partial charge in [0.25, 0.3) is 0 Å². The molecule has 0 saturated heterocycles. The maximum absolute atomic E-state index is 11.2. The summed E-state index contributed by atoms with van der Waals surface area (Å²) in [6.45, 7) is 8.50. The molecular formula is C9H15O4. The molecule has 0 aliphatic carbocycles. The molecule has 1 unspecified atom stereocenters. The van der Waals surface area contributed by atoms with E-state index in [9.17, 15) is 9.59 Å². The number of rotatable bonds is 2. The number of hydrogen-bond donors (Lipinski definition) is 0. The maximum atomic E-state index is 11.2. The van der Waals surface area contributed by atoms with E-state index in [-0.39, 0.29) is 0 Å². The summed E-state index contributed by atoms with van der Waals surface area (Å²) in [5.41, 5.74) is -0.610. The van der Waals surface area contributed by atoms with E-state index in [4.69, 9.17) is 4.74 Å². The van der Waals surface area contributed by atoms with Gasteiger partial charge in [0.15, 0.2) is 5.92 Å². The lowest BCUT2D eigenvalue weighted by Gasteiger charge is -2.21. The van der Waals surface area contributed by atoms with Crippen LogP contribution in [0.1, 0.15) is 20.8 Å². The molecule has 0 amide bonds. The fourth-order valence-corrected chi connectivity index (χ4v) is 0.611. The van der Waals surface area contributed by atoms with Gasteiger partial charge in [0.1, 0.15) is 5.60 Å². The molecule has 0 aromatic carbocycles. The lowest BCUT2D eigenvalue weighted by atomic mass is 10.1. The summed E-state index contributed by atoms with van der Waals surface area (Å²) < 4.78 is 9.27. The summed E-state index contributed by atoms with van der Waals surface area (Å²) in [4.78, 5) is 22.0. The minimum Gasteiger partial charge on any atom is -0.468 e. The Bertz CT molecular complexity index is 202. The SMILES string of the molecule is [CH2]C(C(=O)OC)C(=O)OC(C)(C)C. The monoisotopic (exact) mass is 187 g/mol. The van der Waals surface area contributed by atoms with Gasteiger partial charge in [-0.1, -0.05) is 0 Å². The minimum absolute atomic E-state index is 0.610. The molecular weight excluding hydrogens is 172 g/mol. The van der Waals surface area contributed by atoms with Crippen molar-refractivity contribution in [2.75, 3.05) is 7.11 Å². The topological polar surface area (TPSA) is 52.6 Å². The maximum Gasteiger partial charge on any atom is 0.320 e. The Balaban J connectivity index is 4.20. The van der Waals surface area contributed by atoms with E-state index in [2.05, 4.69) is 11.7 Å².